The summed E-state index contributed by atoms with van der Waals surface area (Å²) >= 11 is 0. The van der Waals surface area contributed by atoms with Crippen LogP contribution in [0.3, 0.4) is 0 Å². The highest BCUT2D eigenvalue weighted by atomic mass is 16.5. The van der Waals surface area contributed by atoms with Crippen LogP contribution >= 0.6 is 0 Å². The summed E-state index contributed by atoms with van der Waals surface area (Å²) in [6, 6.07) is 6.77. The highest BCUT2D eigenvalue weighted by Crippen LogP contribution is 2.49. The average Bonchev–Trinajstić information content (AvgIpc) is 2.98. The van der Waals surface area contributed by atoms with E-state index >= 15 is 0 Å². The van der Waals surface area contributed by atoms with Crippen LogP contribution < -0.4 is 4.74 Å². The molecule has 3 aliphatic rings. The largest absolute Gasteiger partial charge is 0.487 e. The summed E-state index contributed by atoms with van der Waals surface area (Å²) in [6.45, 7) is 10.9. The molecule has 2 fully saturated rings. The van der Waals surface area contributed by atoms with Crippen LogP contribution in [0.2, 0.25) is 0 Å². The van der Waals surface area contributed by atoms with Gasteiger partial charge in [0.2, 0.25) is 0 Å². The second-order valence-electron chi connectivity index (χ2n) is 8.43. The molecule has 3 heteroatoms. The first kappa shape index (κ1) is 15.5. The van der Waals surface area contributed by atoms with E-state index in [2.05, 4.69) is 43.9 Å². The molecule has 1 aromatic rings. The number of hydrogen-bond donors (Lipinski definition) is 0. The van der Waals surface area contributed by atoms with Gasteiger partial charge in [0.1, 0.15) is 11.4 Å². The Labute approximate surface area is 140 Å². The van der Waals surface area contributed by atoms with Crippen LogP contribution in [0.25, 0.3) is 0 Å². The third kappa shape index (κ3) is 3.01. The van der Waals surface area contributed by atoms with E-state index in [1.165, 1.54) is 43.5 Å². The smallest absolute Gasteiger partial charge is 0.123 e. The lowest BCUT2D eigenvalue weighted by molar-refractivity contribution is -0.0718. The van der Waals surface area contributed by atoms with Crippen molar-refractivity contribution in [3.8, 4) is 5.75 Å². The van der Waals surface area contributed by atoms with E-state index < -0.39 is 0 Å². The molecule has 4 rings (SSSR count). The summed E-state index contributed by atoms with van der Waals surface area (Å²) < 4.78 is 11.7. The van der Waals surface area contributed by atoms with Gasteiger partial charge >= 0.3 is 0 Å². The van der Waals surface area contributed by atoms with Gasteiger partial charge in [-0.15, -0.1) is 0 Å². The van der Waals surface area contributed by atoms with Gasteiger partial charge in [-0.2, -0.15) is 0 Å². The molecule has 1 saturated carbocycles. The van der Waals surface area contributed by atoms with E-state index in [1.54, 1.807) is 0 Å². The molecule has 1 saturated heterocycles. The molecular formula is C20H29NO2. The van der Waals surface area contributed by atoms with Crippen molar-refractivity contribution in [2.45, 2.75) is 64.7 Å². The van der Waals surface area contributed by atoms with Crippen LogP contribution in [-0.2, 0) is 17.7 Å². The van der Waals surface area contributed by atoms with Crippen molar-refractivity contribution in [2.75, 3.05) is 19.7 Å². The number of likely N-dealkylation sites (tertiary alicyclic amines) is 1. The lowest BCUT2D eigenvalue weighted by Crippen LogP contribution is -2.44. The maximum Gasteiger partial charge on any atom is 0.123 e. The minimum absolute atomic E-state index is 0.0428. The summed E-state index contributed by atoms with van der Waals surface area (Å²) in [5.41, 5.74) is 3.32. The standard InChI is InChI=1S/C20H29NO2/c1-4-22-17-11-20(12-17)7-8-21(14-20)13-15-5-6-18-16(9-15)10-19(2,3)23-18/h5-6,9,17H,4,7-8,10-14H2,1-3H3. The Morgan fingerprint density at radius 2 is 2.13 bits per heavy atom. The van der Waals surface area contributed by atoms with E-state index in [9.17, 15) is 0 Å². The maximum absolute atomic E-state index is 5.99. The van der Waals surface area contributed by atoms with Crippen molar-refractivity contribution < 1.29 is 9.47 Å². The van der Waals surface area contributed by atoms with Gasteiger partial charge in [-0.3, -0.25) is 4.90 Å². The van der Waals surface area contributed by atoms with Gasteiger partial charge in [0.15, 0.2) is 0 Å². The average molecular weight is 315 g/mol. The van der Waals surface area contributed by atoms with Gasteiger partial charge in [0.05, 0.1) is 6.10 Å². The van der Waals surface area contributed by atoms with Crippen LogP contribution in [-0.4, -0.2) is 36.3 Å². The molecule has 0 atom stereocenters. The number of benzene rings is 1. The first-order valence-electron chi connectivity index (χ1n) is 9.12. The summed E-state index contributed by atoms with van der Waals surface area (Å²) in [5.74, 6) is 1.08. The number of fused-ring (bicyclic) bond motifs is 1. The van der Waals surface area contributed by atoms with E-state index in [-0.39, 0.29) is 5.60 Å². The molecule has 0 N–H and O–H groups in total. The molecule has 23 heavy (non-hydrogen) atoms. The molecule has 1 spiro atoms. The number of nitrogens with zero attached hydrogens (tertiary/aromatic N) is 1. The Kier molecular flexibility index (Phi) is 3.69. The Morgan fingerprint density at radius 1 is 1.30 bits per heavy atom. The predicted molar refractivity (Wildman–Crippen MR) is 91.8 cm³/mol. The number of ether oxygens (including phenoxy) is 2. The second-order valence-corrected chi connectivity index (χ2v) is 8.43. The van der Waals surface area contributed by atoms with Gasteiger partial charge in [-0.1, -0.05) is 12.1 Å². The van der Waals surface area contributed by atoms with E-state index in [1.807, 2.05) is 0 Å². The molecule has 0 aromatic heterocycles. The van der Waals surface area contributed by atoms with Gasteiger partial charge in [-0.05, 0) is 69.2 Å². The van der Waals surface area contributed by atoms with Crippen molar-refractivity contribution >= 4 is 0 Å². The van der Waals surface area contributed by atoms with Crippen LogP contribution in [0.4, 0.5) is 0 Å². The van der Waals surface area contributed by atoms with Crippen molar-refractivity contribution in [3.63, 3.8) is 0 Å². The minimum atomic E-state index is -0.0428. The Morgan fingerprint density at radius 3 is 2.91 bits per heavy atom. The molecule has 1 aromatic carbocycles. The van der Waals surface area contributed by atoms with E-state index in [0.29, 0.717) is 11.5 Å². The van der Waals surface area contributed by atoms with Crippen LogP contribution in [0.15, 0.2) is 18.2 Å². The van der Waals surface area contributed by atoms with Crippen molar-refractivity contribution in [2.24, 2.45) is 5.41 Å². The lowest BCUT2D eigenvalue weighted by Gasteiger charge is -2.44. The number of rotatable bonds is 4. The highest BCUT2D eigenvalue weighted by molar-refractivity contribution is 5.41. The van der Waals surface area contributed by atoms with Crippen molar-refractivity contribution in [3.05, 3.63) is 29.3 Å². The van der Waals surface area contributed by atoms with E-state index in [4.69, 9.17) is 9.47 Å². The van der Waals surface area contributed by atoms with Gasteiger partial charge in [-0.25, -0.2) is 0 Å². The predicted octanol–water partition coefficient (Wildman–Crippen LogP) is 3.79. The quantitative estimate of drug-likeness (QED) is 0.844. The Bertz CT molecular complexity index is 589. The van der Waals surface area contributed by atoms with Gasteiger partial charge in [0, 0.05) is 26.1 Å². The minimum Gasteiger partial charge on any atom is -0.487 e. The molecule has 0 unspecified atom stereocenters. The molecule has 0 amide bonds. The molecule has 1 aliphatic carbocycles. The van der Waals surface area contributed by atoms with Crippen molar-refractivity contribution in [1.82, 2.24) is 4.90 Å². The fourth-order valence-corrected chi connectivity index (χ4v) is 4.78. The second kappa shape index (κ2) is 5.49. The number of hydrogen-bond acceptors (Lipinski definition) is 3. The van der Waals surface area contributed by atoms with Crippen molar-refractivity contribution in [1.29, 1.82) is 0 Å². The van der Waals surface area contributed by atoms with Crippen LogP contribution in [0.1, 0.15) is 51.2 Å². The molecule has 3 nitrogen and oxygen atoms in total. The summed E-state index contributed by atoms with van der Waals surface area (Å²) in [4.78, 5) is 2.63. The zero-order chi connectivity index (χ0) is 16.1. The van der Waals surface area contributed by atoms with Crippen LogP contribution in [0, 0.1) is 5.41 Å². The fourth-order valence-electron chi connectivity index (χ4n) is 4.78. The zero-order valence-electron chi connectivity index (χ0n) is 14.7. The fraction of sp³-hybridized carbons (Fsp3) is 0.700. The monoisotopic (exact) mass is 315 g/mol. The third-order valence-electron chi connectivity index (χ3n) is 5.77. The summed E-state index contributed by atoms with van der Waals surface area (Å²) in [6.07, 6.45) is 5.43. The van der Waals surface area contributed by atoms with Gasteiger partial charge < -0.3 is 9.47 Å². The van der Waals surface area contributed by atoms with Crippen LogP contribution in [0.5, 0.6) is 5.75 Å². The Balaban J connectivity index is 1.36. The third-order valence-corrected chi connectivity index (χ3v) is 5.77. The topological polar surface area (TPSA) is 21.7 Å². The molecule has 126 valence electrons. The first-order valence-corrected chi connectivity index (χ1v) is 9.12. The Hall–Kier alpha value is -1.06. The first-order chi connectivity index (χ1) is 11.0. The molecule has 2 aliphatic heterocycles. The van der Waals surface area contributed by atoms with E-state index in [0.717, 1.165) is 25.3 Å². The highest BCUT2D eigenvalue weighted by Gasteiger charge is 2.48. The maximum atomic E-state index is 5.99. The molecular weight excluding hydrogens is 286 g/mol. The summed E-state index contributed by atoms with van der Waals surface area (Å²) in [5, 5.41) is 0. The molecule has 0 radical (unpaired) electrons. The van der Waals surface area contributed by atoms with Gasteiger partial charge in [0.25, 0.3) is 0 Å². The molecule has 0 bridgehead atoms. The lowest BCUT2D eigenvalue weighted by atomic mass is 9.66. The zero-order valence-corrected chi connectivity index (χ0v) is 14.7. The SMILES string of the molecule is CCOC1CC2(CCN(Cc3ccc4c(c3)CC(C)(C)O4)C2)C1. The molecule has 2 heterocycles. The summed E-state index contributed by atoms with van der Waals surface area (Å²) in [7, 11) is 0. The normalized spacial score (nSPS) is 31.9.